The monoisotopic (exact) mass is 264 g/mol. The largest absolute Gasteiger partial charge is 0.490 e. The summed E-state index contributed by atoms with van der Waals surface area (Å²) in [6, 6.07) is 6.03. The predicted octanol–water partition coefficient (Wildman–Crippen LogP) is 2.19. The van der Waals surface area contributed by atoms with Crippen LogP contribution in [0.15, 0.2) is 18.2 Å². The third kappa shape index (κ3) is 3.85. The van der Waals surface area contributed by atoms with Crippen molar-refractivity contribution in [1.82, 2.24) is 4.90 Å². The lowest BCUT2D eigenvalue weighted by Gasteiger charge is -2.21. The molecule has 0 saturated carbocycles. The van der Waals surface area contributed by atoms with E-state index in [1.807, 2.05) is 18.2 Å². The Kier molecular flexibility index (Phi) is 5.05. The Morgan fingerprint density at radius 1 is 1.26 bits per heavy atom. The minimum atomic E-state index is 0.00806. The van der Waals surface area contributed by atoms with Gasteiger partial charge in [-0.25, -0.2) is 0 Å². The third-order valence-corrected chi connectivity index (χ3v) is 3.31. The Balaban J connectivity index is 2.06. The summed E-state index contributed by atoms with van der Waals surface area (Å²) in [4.78, 5) is 2.26. The third-order valence-electron chi connectivity index (χ3n) is 3.31. The lowest BCUT2D eigenvalue weighted by atomic mass is 10.1. The minimum Gasteiger partial charge on any atom is -0.490 e. The summed E-state index contributed by atoms with van der Waals surface area (Å²) in [7, 11) is 2.10. The summed E-state index contributed by atoms with van der Waals surface area (Å²) in [5, 5.41) is 0. The van der Waals surface area contributed by atoms with Crippen LogP contribution in [0.3, 0.4) is 0 Å². The zero-order valence-electron chi connectivity index (χ0n) is 11.9. The van der Waals surface area contributed by atoms with Crippen LogP contribution in [0.1, 0.15) is 31.4 Å². The molecule has 1 aromatic carbocycles. The summed E-state index contributed by atoms with van der Waals surface area (Å²) in [6.45, 7) is 5.53. The molecule has 1 unspecified atom stereocenters. The molecule has 19 heavy (non-hydrogen) atoms. The average Bonchev–Trinajstić information content (AvgIpc) is 2.63. The summed E-state index contributed by atoms with van der Waals surface area (Å²) in [5.41, 5.74) is 7.36. The quantitative estimate of drug-likeness (QED) is 0.885. The summed E-state index contributed by atoms with van der Waals surface area (Å²) in [6.07, 6.45) is 2.07. The van der Waals surface area contributed by atoms with Crippen LogP contribution in [0.25, 0.3) is 0 Å². The van der Waals surface area contributed by atoms with Crippen molar-refractivity contribution in [2.45, 2.75) is 25.8 Å². The number of hydrogen-bond donors (Lipinski definition) is 1. The maximum Gasteiger partial charge on any atom is 0.161 e. The fourth-order valence-electron chi connectivity index (χ4n) is 2.32. The van der Waals surface area contributed by atoms with Gasteiger partial charge in [-0.1, -0.05) is 13.0 Å². The van der Waals surface area contributed by atoms with Crippen molar-refractivity contribution >= 4 is 0 Å². The first kappa shape index (κ1) is 14.2. The molecule has 0 fully saturated rings. The van der Waals surface area contributed by atoms with Crippen LogP contribution in [-0.4, -0.2) is 38.3 Å². The van der Waals surface area contributed by atoms with Crippen molar-refractivity contribution in [2.24, 2.45) is 5.73 Å². The van der Waals surface area contributed by atoms with E-state index in [4.69, 9.17) is 15.2 Å². The Bertz CT molecular complexity index is 409. The Morgan fingerprint density at radius 2 is 2.00 bits per heavy atom. The van der Waals surface area contributed by atoms with Gasteiger partial charge in [0.05, 0.1) is 13.2 Å². The van der Waals surface area contributed by atoms with Gasteiger partial charge < -0.3 is 20.1 Å². The normalized spacial score (nSPS) is 16.2. The molecule has 0 radical (unpaired) electrons. The molecule has 0 aliphatic carbocycles. The highest BCUT2D eigenvalue weighted by atomic mass is 16.5. The van der Waals surface area contributed by atoms with Crippen molar-refractivity contribution in [3.05, 3.63) is 23.8 Å². The number of ether oxygens (including phenoxy) is 2. The lowest BCUT2D eigenvalue weighted by molar-refractivity contribution is 0.296. The maximum absolute atomic E-state index is 6.26. The highest BCUT2D eigenvalue weighted by Gasteiger charge is 2.14. The van der Waals surface area contributed by atoms with Gasteiger partial charge in [-0.2, -0.15) is 0 Å². The second-order valence-corrected chi connectivity index (χ2v) is 5.13. The number of hydrogen-bond acceptors (Lipinski definition) is 4. The first-order valence-corrected chi connectivity index (χ1v) is 7.04. The second-order valence-electron chi connectivity index (χ2n) is 5.13. The predicted molar refractivity (Wildman–Crippen MR) is 76.8 cm³/mol. The van der Waals surface area contributed by atoms with Gasteiger partial charge in [-0.15, -0.1) is 0 Å². The first-order chi connectivity index (χ1) is 9.20. The molecular formula is C15H24N2O2. The molecule has 4 nitrogen and oxygen atoms in total. The van der Waals surface area contributed by atoms with Crippen molar-refractivity contribution in [3.8, 4) is 11.5 Å². The Morgan fingerprint density at radius 3 is 2.74 bits per heavy atom. The molecule has 106 valence electrons. The molecule has 1 atom stereocenters. The van der Waals surface area contributed by atoms with E-state index in [2.05, 4.69) is 18.9 Å². The van der Waals surface area contributed by atoms with E-state index in [9.17, 15) is 0 Å². The number of nitrogens with zero attached hydrogens (tertiary/aromatic N) is 1. The zero-order valence-corrected chi connectivity index (χ0v) is 11.9. The van der Waals surface area contributed by atoms with Crippen LogP contribution >= 0.6 is 0 Å². The minimum absolute atomic E-state index is 0.00806. The van der Waals surface area contributed by atoms with Crippen molar-refractivity contribution in [2.75, 3.05) is 33.4 Å². The van der Waals surface area contributed by atoms with E-state index in [1.165, 1.54) is 0 Å². The number of benzene rings is 1. The molecule has 0 spiro atoms. The van der Waals surface area contributed by atoms with Gasteiger partial charge in [-0.05, 0) is 37.7 Å². The SMILES string of the molecule is CCCN(C)CC(N)c1ccc2c(c1)OCCCO2. The van der Waals surface area contributed by atoms with Gasteiger partial charge >= 0.3 is 0 Å². The van der Waals surface area contributed by atoms with Crippen LogP contribution in [0.2, 0.25) is 0 Å². The highest BCUT2D eigenvalue weighted by Crippen LogP contribution is 2.31. The van der Waals surface area contributed by atoms with E-state index in [0.29, 0.717) is 6.61 Å². The molecule has 2 N–H and O–H groups in total. The molecule has 1 aliphatic rings. The Hall–Kier alpha value is -1.26. The van der Waals surface area contributed by atoms with Gasteiger partial charge in [0.2, 0.25) is 0 Å². The van der Waals surface area contributed by atoms with Gasteiger partial charge in [-0.3, -0.25) is 0 Å². The van der Waals surface area contributed by atoms with E-state index >= 15 is 0 Å². The molecule has 1 aliphatic heterocycles. The molecule has 0 aromatic heterocycles. The summed E-state index contributed by atoms with van der Waals surface area (Å²) < 4.78 is 11.3. The number of nitrogens with two attached hydrogens (primary N) is 1. The fraction of sp³-hybridized carbons (Fsp3) is 0.600. The highest BCUT2D eigenvalue weighted by molar-refractivity contribution is 5.44. The van der Waals surface area contributed by atoms with E-state index in [0.717, 1.165) is 49.6 Å². The lowest BCUT2D eigenvalue weighted by Crippen LogP contribution is -2.29. The molecular weight excluding hydrogens is 240 g/mol. The van der Waals surface area contributed by atoms with Crippen LogP contribution in [0, 0.1) is 0 Å². The zero-order chi connectivity index (χ0) is 13.7. The molecule has 1 aromatic rings. The van der Waals surface area contributed by atoms with Gasteiger partial charge in [0.1, 0.15) is 0 Å². The van der Waals surface area contributed by atoms with Crippen LogP contribution in [0.4, 0.5) is 0 Å². The first-order valence-electron chi connectivity index (χ1n) is 7.04. The molecule has 4 heteroatoms. The van der Waals surface area contributed by atoms with Crippen LogP contribution in [0.5, 0.6) is 11.5 Å². The second kappa shape index (κ2) is 6.78. The summed E-state index contributed by atoms with van der Waals surface area (Å²) in [5.74, 6) is 1.65. The van der Waals surface area contributed by atoms with Gasteiger partial charge in [0.15, 0.2) is 11.5 Å². The van der Waals surface area contributed by atoms with Gasteiger partial charge in [0.25, 0.3) is 0 Å². The number of likely N-dealkylation sites (N-methyl/N-ethyl adjacent to an activating group) is 1. The van der Waals surface area contributed by atoms with Crippen molar-refractivity contribution in [3.63, 3.8) is 0 Å². The summed E-state index contributed by atoms with van der Waals surface area (Å²) >= 11 is 0. The van der Waals surface area contributed by atoms with Crippen molar-refractivity contribution < 1.29 is 9.47 Å². The smallest absolute Gasteiger partial charge is 0.161 e. The van der Waals surface area contributed by atoms with Crippen LogP contribution < -0.4 is 15.2 Å². The molecule has 0 saturated heterocycles. The maximum atomic E-state index is 6.26. The average molecular weight is 264 g/mol. The Labute approximate surface area is 115 Å². The van der Waals surface area contributed by atoms with Gasteiger partial charge in [0, 0.05) is 19.0 Å². The molecule has 0 amide bonds. The number of fused-ring (bicyclic) bond motifs is 1. The van der Waals surface area contributed by atoms with E-state index < -0.39 is 0 Å². The standard InChI is InChI=1S/C15H24N2O2/c1-3-7-17(2)11-13(16)12-5-6-14-15(10-12)19-9-4-8-18-14/h5-6,10,13H,3-4,7-9,11,16H2,1-2H3. The number of rotatable bonds is 5. The molecule has 2 rings (SSSR count). The fourth-order valence-corrected chi connectivity index (χ4v) is 2.32. The van der Waals surface area contributed by atoms with E-state index in [1.54, 1.807) is 0 Å². The van der Waals surface area contributed by atoms with Crippen molar-refractivity contribution in [1.29, 1.82) is 0 Å². The molecule has 1 heterocycles. The molecule has 0 bridgehead atoms. The topological polar surface area (TPSA) is 47.7 Å². The van der Waals surface area contributed by atoms with E-state index in [-0.39, 0.29) is 6.04 Å². The van der Waals surface area contributed by atoms with Crippen LogP contribution in [-0.2, 0) is 0 Å².